The first-order valence-electron chi connectivity index (χ1n) is 8.89. The van der Waals surface area contributed by atoms with E-state index in [0.717, 1.165) is 24.5 Å². The highest BCUT2D eigenvalue weighted by atomic mass is 35.5. The lowest BCUT2D eigenvalue weighted by atomic mass is 10.2. The van der Waals surface area contributed by atoms with Gasteiger partial charge in [0, 0.05) is 38.3 Å². The number of hydrogen-bond acceptors (Lipinski definition) is 6. The Morgan fingerprint density at radius 1 is 1.19 bits per heavy atom. The van der Waals surface area contributed by atoms with E-state index in [2.05, 4.69) is 20.0 Å². The van der Waals surface area contributed by atoms with Gasteiger partial charge in [0.05, 0.1) is 11.9 Å². The van der Waals surface area contributed by atoms with Crippen molar-refractivity contribution in [3.63, 3.8) is 0 Å². The summed E-state index contributed by atoms with van der Waals surface area (Å²) < 4.78 is 25.7. The zero-order valence-corrected chi connectivity index (χ0v) is 15.3. The molecule has 1 saturated heterocycles. The molecule has 2 fully saturated rings. The van der Waals surface area contributed by atoms with Gasteiger partial charge in [0.1, 0.15) is 23.2 Å². The molecule has 1 aliphatic carbocycles. The third kappa shape index (κ3) is 3.87. The third-order valence-electron chi connectivity index (χ3n) is 4.82. The number of aromatic nitrogens is 4. The molecule has 4 rings (SSSR count). The molecular weight excluding hydrogens is 378 g/mol. The van der Waals surface area contributed by atoms with Crippen LogP contribution in [0.25, 0.3) is 0 Å². The van der Waals surface area contributed by atoms with Crippen LogP contribution in [0.5, 0.6) is 0 Å². The predicted octanol–water partition coefficient (Wildman–Crippen LogP) is 2.16. The van der Waals surface area contributed by atoms with Crippen LogP contribution in [0.1, 0.15) is 24.6 Å². The lowest BCUT2D eigenvalue weighted by Crippen LogP contribution is -2.47. The van der Waals surface area contributed by atoms with E-state index in [0.29, 0.717) is 42.5 Å². The van der Waals surface area contributed by atoms with Crippen LogP contribution in [0, 0.1) is 0 Å². The highest BCUT2D eigenvalue weighted by molar-refractivity contribution is 6.33. The molecule has 10 heteroatoms. The van der Waals surface area contributed by atoms with Gasteiger partial charge in [-0.3, -0.25) is 4.79 Å². The van der Waals surface area contributed by atoms with Gasteiger partial charge in [-0.25, -0.2) is 23.4 Å². The molecule has 7 nitrogen and oxygen atoms in total. The van der Waals surface area contributed by atoms with E-state index in [-0.39, 0.29) is 5.02 Å². The molecule has 2 aliphatic rings. The Morgan fingerprint density at radius 2 is 1.89 bits per heavy atom. The molecular formula is C17H19ClF2N6O. The molecule has 0 atom stereocenters. The number of nitrogens with zero attached hydrogens (tertiary/aromatic N) is 6. The summed E-state index contributed by atoms with van der Waals surface area (Å²) in [5, 5.41) is 3.76. The lowest BCUT2D eigenvalue weighted by Gasteiger charge is -2.36. The first-order valence-corrected chi connectivity index (χ1v) is 9.27. The van der Waals surface area contributed by atoms with Gasteiger partial charge in [0.25, 0.3) is 12.0 Å². The van der Waals surface area contributed by atoms with Crippen LogP contribution in [0.3, 0.4) is 0 Å². The summed E-state index contributed by atoms with van der Waals surface area (Å²) in [7, 11) is 0. The Bertz CT molecular complexity index is 880. The van der Waals surface area contributed by atoms with Gasteiger partial charge in [0.2, 0.25) is 0 Å². The maximum atomic E-state index is 12.5. The minimum absolute atomic E-state index is 0.0721. The first-order chi connectivity index (χ1) is 13.0. The van der Waals surface area contributed by atoms with E-state index in [1.54, 1.807) is 6.20 Å². The highest BCUT2D eigenvalue weighted by Gasteiger charge is 2.28. The minimum Gasteiger partial charge on any atom is -0.365 e. The number of anilines is 2. The summed E-state index contributed by atoms with van der Waals surface area (Å²) in [5.74, 6) is 2.31. The van der Waals surface area contributed by atoms with Crippen molar-refractivity contribution < 1.29 is 8.78 Å². The van der Waals surface area contributed by atoms with Crippen molar-refractivity contribution in [1.29, 1.82) is 0 Å². The van der Waals surface area contributed by atoms with E-state index in [1.807, 2.05) is 11.0 Å². The fourth-order valence-electron chi connectivity index (χ4n) is 3.19. The van der Waals surface area contributed by atoms with E-state index in [1.165, 1.54) is 6.20 Å². The van der Waals surface area contributed by atoms with Crippen molar-refractivity contribution in [3.8, 4) is 0 Å². The van der Waals surface area contributed by atoms with Crippen molar-refractivity contribution in [2.45, 2.75) is 31.7 Å². The molecule has 27 heavy (non-hydrogen) atoms. The number of halogens is 3. The standard InChI is InChI=1S/C17H19ClF2N6O/c18-15-12(9-22-26(17(15)27)10-13(19)20)24-5-7-25(8-6-24)14-3-4-21-16(23-14)11-1-2-11/h3-4,9,11,13H,1-2,5-8,10H2. The molecule has 3 heterocycles. The van der Waals surface area contributed by atoms with Gasteiger partial charge in [0.15, 0.2) is 0 Å². The van der Waals surface area contributed by atoms with Gasteiger partial charge in [-0.15, -0.1) is 0 Å². The van der Waals surface area contributed by atoms with E-state index in [4.69, 9.17) is 11.6 Å². The Hall–Kier alpha value is -2.29. The summed E-state index contributed by atoms with van der Waals surface area (Å²) in [5.41, 5.74) is -0.213. The van der Waals surface area contributed by atoms with Crippen LogP contribution >= 0.6 is 11.6 Å². The van der Waals surface area contributed by atoms with Gasteiger partial charge in [-0.2, -0.15) is 5.10 Å². The van der Waals surface area contributed by atoms with Crippen molar-refractivity contribution in [3.05, 3.63) is 39.7 Å². The van der Waals surface area contributed by atoms with Crippen LogP contribution in [0.15, 0.2) is 23.3 Å². The number of piperazine rings is 1. The molecule has 0 aromatic carbocycles. The summed E-state index contributed by atoms with van der Waals surface area (Å²) in [6.45, 7) is 1.91. The Labute approximate surface area is 159 Å². The second-order valence-electron chi connectivity index (χ2n) is 6.74. The smallest absolute Gasteiger partial charge is 0.287 e. The highest BCUT2D eigenvalue weighted by Crippen LogP contribution is 2.38. The molecule has 0 N–H and O–H groups in total. The molecule has 0 radical (unpaired) electrons. The van der Waals surface area contributed by atoms with Crippen LogP contribution < -0.4 is 15.4 Å². The summed E-state index contributed by atoms with van der Waals surface area (Å²) in [6.07, 6.45) is 2.83. The molecule has 2 aromatic heterocycles. The average Bonchev–Trinajstić information content (AvgIpc) is 3.51. The van der Waals surface area contributed by atoms with Crippen molar-refractivity contribution in [2.75, 3.05) is 36.0 Å². The molecule has 0 unspecified atom stereocenters. The van der Waals surface area contributed by atoms with Crippen molar-refractivity contribution in [1.82, 2.24) is 19.7 Å². The SMILES string of the molecule is O=c1c(Cl)c(N2CCN(c3ccnc(C4CC4)n3)CC2)cnn1CC(F)F. The van der Waals surface area contributed by atoms with E-state index < -0.39 is 18.5 Å². The second-order valence-corrected chi connectivity index (χ2v) is 7.12. The molecule has 2 aromatic rings. The number of hydrogen-bond donors (Lipinski definition) is 0. The van der Waals surface area contributed by atoms with Gasteiger partial charge in [-0.05, 0) is 18.9 Å². The fourth-order valence-corrected chi connectivity index (χ4v) is 3.46. The quantitative estimate of drug-likeness (QED) is 0.771. The number of rotatable bonds is 5. The van der Waals surface area contributed by atoms with Crippen molar-refractivity contribution >= 4 is 23.1 Å². The minimum atomic E-state index is -2.66. The average molecular weight is 397 g/mol. The predicted molar refractivity (Wildman–Crippen MR) is 97.9 cm³/mol. The largest absolute Gasteiger partial charge is 0.365 e. The van der Waals surface area contributed by atoms with Gasteiger partial charge in [-0.1, -0.05) is 11.6 Å². The normalized spacial score (nSPS) is 17.6. The molecule has 0 amide bonds. The lowest BCUT2D eigenvalue weighted by molar-refractivity contribution is 0.119. The molecule has 0 spiro atoms. The van der Waals surface area contributed by atoms with Gasteiger partial charge < -0.3 is 9.80 Å². The second kappa shape index (κ2) is 7.38. The van der Waals surface area contributed by atoms with E-state index in [9.17, 15) is 13.6 Å². The van der Waals surface area contributed by atoms with Crippen LogP contribution in [-0.4, -0.2) is 52.4 Å². The zero-order valence-electron chi connectivity index (χ0n) is 14.6. The summed E-state index contributed by atoms with van der Waals surface area (Å²) in [6, 6.07) is 1.90. The topological polar surface area (TPSA) is 67.2 Å². The first kappa shape index (κ1) is 18.1. The molecule has 0 bridgehead atoms. The van der Waals surface area contributed by atoms with E-state index >= 15 is 0 Å². The Morgan fingerprint density at radius 3 is 2.56 bits per heavy atom. The summed E-state index contributed by atoms with van der Waals surface area (Å²) >= 11 is 6.14. The van der Waals surface area contributed by atoms with Crippen LogP contribution in [0.4, 0.5) is 20.3 Å². The number of alkyl halides is 2. The Kier molecular flexibility index (Phi) is 4.94. The Balaban J connectivity index is 1.45. The van der Waals surface area contributed by atoms with Crippen LogP contribution in [0.2, 0.25) is 5.02 Å². The maximum Gasteiger partial charge on any atom is 0.287 e. The van der Waals surface area contributed by atoms with Crippen molar-refractivity contribution in [2.24, 2.45) is 0 Å². The monoisotopic (exact) mass is 396 g/mol. The molecule has 1 aliphatic heterocycles. The van der Waals surface area contributed by atoms with Gasteiger partial charge >= 0.3 is 0 Å². The van der Waals surface area contributed by atoms with Crippen LogP contribution in [-0.2, 0) is 6.54 Å². The third-order valence-corrected chi connectivity index (χ3v) is 5.18. The molecule has 144 valence electrons. The maximum absolute atomic E-state index is 12.5. The zero-order chi connectivity index (χ0) is 19.0. The summed E-state index contributed by atoms with van der Waals surface area (Å²) in [4.78, 5) is 25.3. The molecule has 1 saturated carbocycles. The fraction of sp³-hybridized carbons (Fsp3) is 0.529.